The molecule has 0 bridgehead atoms. The number of hydrogen-bond donors (Lipinski definition) is 1. The minimum absolute atomic E-state index is 0.187. The van der Waals surface area contributed by atoms with Crippen molar-refractivity contribution >= 4 is 11.3 Å². The van der Waals surface area contributed by atoms with Crippen LogP contribution in [0.1, 0.15) is 58.8 Å². The number of nitrogens with zero attached hydrogens (tertiary/aromatic N) is 1. The van der Waals surface area contributed by atoms with E-state index < -0.39 is 0 Å². The van der Waals surface area contributed by atoms with Crippen LogP contribution in [0.2, 0.25) is 0 Å². The summed E-state index contributed by atoms with van der Waals surface area (Å²) >= 11 is 1.75. The maximum atomic E-state index is 4.81. The lowest BCUT2D eigenvalue weighted by molar-refractivity contribution is 0.674. The summed E-state index contributed by atoms with van der Waals surface area (Å²) in [5.74, 6) is 0.485. The molecule has 1 aromatic heterocycles. The van der Waals surface area contributed by atoms with Gasteiger partial charge in [-0.3, -0.25) is 0 Å². The zero-order chi connectivity index (χ0) is 14.9. The molecule has 108 valence electrons. The van der Waals surface area contributed by atoms with E-state index in [0.717, 1.165) is 5.01 Å². The molecule has 0 aliphatic rings. The summed E-state index contributed by atoms with van der Waals surface area (Å²) < 4.78 is 0. The second kappa shape index (κ2) is 6.06. The van der Waals surface area contributed by atoms with E-state index in [0.29, 0.717) is 5.92 Å². The highest BCUT2D eigenvalue weighted by molar-refractivity contribution is 7.09. The summed E-state index contributed by atoms with van der Waals surface area (Å²) in [6, 6.07) is 4.75. The normalized spacial score (nSPS) is 12.9. The Morgan fingerprint density at radius 2 is 1.70 bits per heavy atom. The molecule has 2 rings (SSSR count). The number of thiazole rings is 1. The molecule has 0 aliphatic heterocycles. The maximum absolute atomic E-state index is 4.81. The summed E-state index contributed by atoms with van der Waals surface area (Å²) in [5, 5.41) is 6.76. The lowest BCUT2D eigenvalue weighted by atomic mass is 9.96. The Bertz CT molecular complexity index is 599. The van der Waals surface area contributed by atoms with Crippen molar-refractivity contribution in [2.24, 2.45) is 0 Å². The van der Waals surface area contributed by atoms with E-state index >= 15 is 0 Å². The average Bonchev–Trinajstić information content (AvgIpc) is 2.86. The van der Waals surface area contributed by atoms with Crippen molar-refractivity contribution in [3.05, 3.63) is 50.5 Å². The molecule has 0 saturated heterocycles. The Labute approximate surface area is 126 Å². The van der Waals surface area contributed by atoms with Crippen molar-refractivity contribution in [3.63, 3.8) is 0 Å². The molecule has 1 heterocycles. The van der Waals surface area contributed by atoms with E-state index in [4.69, 9.17) is 4.98 Å². The molecule has 0 amide bonds. The van der Waals surface area contributed by atoms with Gasteiger partial charge in [-0.05, 0) is 56.0 Å². The predicted octanol–water partition coefficient (Wildman–Crippen LogP) is 4.50. The minimum Gasteiger partial charge on any atom is -0.307 e. The molecule has 0 spiro atoms. The highest BCUT2D eigenvalue weighted by Crippen LogP contribution is 2.30. The molecule has 0 fully saturated rings. The molecule has 20 heavy (non-hydrogen) atoms. The minimum atomic E-state index is 0.187. The molecule has 0 aliphatic carbocycles. The zero-order valence-electron chi connectivity index (χ0n) is 13.2. The van der Waals surface area contributed by atoms with Gasteiger partial charge < -0.3 is 5.32 Å². The SMILES string of the molecule is CNC(c1nc(C(C)C)cs1)c1cc(C)c(C)cc1C. The molecular weight excluding hydrogens is 264 g/mol. The third-order valence-electron chi connectivity index (χ3n) is 3.86. The van der Waals surface area contributed by atoms with Crippen LogP contribution < -0.4 is 5.32 Å². The van der Waals surface area contributed by atoms with Gasteiger partial charge in [0.2, 0.25) is 0 Å². The molecule has 2 nitrogen and oxygen atoms in total. The van der Waals surface area contributed by atoms with Crippen molar-refractivity contribution < 1.29 is 0 Å². The van der Waals surface area contributed by atoms with Gasteiger partial charge >= 0.3 is 0 Å². The van der Waals surface area contributed by atoms with Crippen LogP contribution in [0.3, 0.4) is 0 Å². The van der Waals surface area contributed by atoms with Crippen LogP contribution in [-0.2, 0) is 0 Å². The fourth-order valence-electron chi connectivity index (χ4n) is 2.40. The molecule has 3 heteroatoms. The monoisotopic (exact) mass is 288 g/mol. The van der Waals surface area contributed by atoms with Gasteiger partial charge in [-0.15, -0.1) is 11.3 Å². The second-order valence-electron chi connectivity index (χ2n) is 5.78. The lowest BCUT2D eigenvalue weighted by Gasteiger charge is -2.18. The lowest BCUT2D eigenvalue weighted by Crippen LogP contribution is -2.19. The quantitative estimate of drug-likeness (QED) is 0.896. The fraction of sp³-hybridized carbons (Fsp3) is 0.471. The fourth-order valence-corrected chi connectivity index (χ4v) is 3.51. The third kappa shape index (κ3) is 2.94. The highest BCUT2D eigenvalue weighted by atomic mass is 32.1. The molecule has 1 unspecified atom stereocenters. The van der Waals surface area contributed by atoms with Gasteiger partial charge in [0.15, 0.2) is 0 Å². The molecule has 1 aromatic carbocycles. The highest BCUT2D eigenvalue weighted by Gasteiger charge is 2.19. The van der Waals surface area contributed by atoms with Gasteiger partial charge in [-0.2, -0.15) is 0 Å². The van der Waals surface area contributed by atoms with Crippen LogP contribution in [0.4, 0.5) is 0 Å². The number of benzene rings is 1. The summed E-state index contributed by atoms with van der Waals surface area (Å²) in [4.78, 5) is 4.81. The Hall–Kier alpha value is -1.19. The van der Waals surface area contributed by atoms with E-state index in [1.807, 2.05) is 7.05 Å². The van der Waals surface area contributed by atoms with E-state index in [1.54, 1.807) is 11.3 Å². The molecule has 1 N–H and O–H groups in total. The Morgan fingerprint density at radius 1 is 1.05 bits per heavy atom. The van der Waals surface area contributed by atoms with Gasteiger partial charge in [-0.1, -0.05) is 26.0 Å². The van der Waals surface area contributed by atoms with E-state index in [1.165, 1.54) is 27.9 Å². The first-order chi connectivity index (χ1) is 9.43. The predicted molar refractivity (Wildman–Crippen MR) is 87.8 cm³/mol. The van der Waals surface area contributed by atoms with Crippen LogP contribution in [0, 0.1) is 20.8 Å². The van der Waals surface area contributed by atoms with Crippen LogP contribution in [-0.4, -0.2) is 12.0 Å². The summed E-state index contributed by atoms with van der Waals surface area (Å²) in [6.07, 6.45) is 0. The van der Waals surface area contributed by atoms with Gasteiger partial charge in [0.05, 0.1) is 11.7 Å². The van der Waals surface area contributed by atoms with Gasteiger partial charge in [0, 0.05) is 5.38 Å². The zero-order valence-corrected chi connectivity index (χ0v) is 14.1. The molecule has 0 radical (unpaired) electrons. The molecule has 0 saturated carbocycles. The van der Waals surface area contributed by atoms with Gasteiger partial charge in [-0.25, -0.2) is 4.98 Å². The Morgan fingerprint density at radius 3 is 2.25 bits per heavy atom. The second-order valence-corrected chi connectivity index (χ2v) is 6.67. The molecule has 2 aromatic rings. The average molecular weight is 288 g/mol. The number of aryl methyl sites for hydroxylation is 3. The Kier molecular flexibility index (Phi) is 4.61. The maximum Gasteiger partial charge on any atom is 0.114 e. The molecule has 1 atom stereocenters. The first-order valence-corrected chi connectivity index (χ1v) is 8.02. The standard InChI is InChI=1S/C17H24N2S/c1-10(2)15-9-20-17(19-15)16(18-6)14-8-12(4)11(3)7-13(14)5/h7-10,16,18H,1-6H3. The van der Waals surface area contributed by atoms with Gasteiger partial charge in [0.25, 0.3) is 0 Å². The number of aromatic nitrogens is 1. The van der Waals surface area contributed by atoms with E-state index in [-0.39, 0.29) is 6.04 Å². The largest absolute Gasteiger partial charge is 0.307 e. The summed E-state index contributed by atoms with van der Waals surface area (Å²) in [6.45, 7) is 10.9. The molecular formula is C17H24N2S. The van der Waals surface area contributed by atoms with Gasteiger partial charge in [0.1, 0.15) is 5.01 Å². The first-order valence-electron chi connectivity index (χ1n) is 7.14. The van der Waals surface area contributed by atoms with Crippen molar-refractivity contribution in [2.75, 3.05) is 7.05 Å². The number of rotatable bonds is 4. The van der Waals surface area contributed by atoms with E-state index in [2.05, 4.69) is 57.4 Å². The van der Waals surface area contributed by atoms with Crippen molar-refractivity contribution in [3.8, 4) is 0 Å². The summed E-state index contributed by atoms with van der Waals surface area (Å²) in [5.41, 5.74) is 6.54. The van der Waals surface area contributed by atoms with E-state index in [9.17, 15) is 0 Å². The van der Waals surface area contributed by atoms with Crippen LogP contribution in [0.5, 0.6) is 0 Å². The van der Waals surface area contributed by atoms with Crippen molar-refractivity contribution in [2.45, 2.75) is 46.6 Å². The topological polar surface area (TPSA) is 24.9 Å². The number of nitrogens with one attached hydrogen (secondary N) is 1. The number of hydrogen-bond acceptors (Lipinski definition) is 3. The van der Waals surface area contributed by atoms with Crippen LogP contribution >= 0.6 is 11.3 Å². The van der Waals surface area contributed by atoms with Crippen molar-refractivity contribution in [1.29, 1.82) is 0 Å². The summed E-state index contributed by atoms with van der Waals surface area (Å²) in [7, 11) is 2.01. The first kappa shape index (κ1) is 15.2. The van der Waals surface area contributed by atoms with Crippen LogP contribution in [0.25, 0.3) is 0 Å². The smallest absolute Gasteiger partial charge is 0.114 e. The van der Waals surface area contributed by atoms with Crippen molar-refractivity contribution in [1.82, 2.24) is 10.3 Å². The third-order valence-corrected chi connectivity index (χ3v) is 4.79. The van der Waals surface area contributed by atoms with Crippen LogP contribution in [0.15, 0.2) is 17.5 Å². The Balaban J connectivity index is 2.43.